The Hall–Kier alpha value is -2.35. The molecule has 104 valence electrons. The van der Waals surface area contributed by atoms with Crippen molar-refractivity contribution in [2.75, 3.05) is 7.11 Å². The SMILES string of the molecule is C#Cc1cn2nc(C(=O)OC)cc2nc1CCCCC. The van der Waals surface area contributed by atoms with Crippen LogP contribution in [0.1, 0.15) is 47.9 Å². The Bertz CT molecular complexity index is 668. The summed E-state index contributed by atoms with van der Waals surface area (Å²) in [4.78, 5) is 16.0. The minimum absolute atomic E-state index is 0.230. The van der Waals surface area contributed by atoms with Crippen molar-refractivity contribution in [3.05, 3.63) is 29.2 Å². The van der Waals surface area contributed by atoms with E-state index in [4.69, 9.17) is 6.42 Å². The first-order valence-electron chi connectivity index (χ1n) is 6.63. The van der Waals surface area contributed by atoms with E-state index < -0.39 is 5.97 Å². The third-order valence-corrected chi connectivity index (χ3v) is 3.09. The molecule has 20 heavy (non-hydrogen) atoms. The number of rotatable bonds is 5. The summed E-state index contributed by atoms with van der Waals surface area (Å²) in [6.07, 6.45) is 11.4. The highest BCUT2D eigenvalue weighted by Crippen LogP contribution is 2.13. The molecule has 5 heteroatoms. The molecule has 2 heterocycles. The number of ether oxygens (including phenoxy) is 1. The van der Waals surface area contributed by atoms with Gasteiger partial charge in [-0.3, -0.25) is 0 Å². The Morgan fingerprint density at radius 2 is 2.30 bits per heavy atom. The fourth-order valence-corrected chi connectivity index (χ4v) is 2.02. The minimum Gasteiger partial charge on any atom is -0.464 e. The molecule has 0 saturated carbocycles. The number of methoxy groups -OCH3 is 1. The van der Waals surface area contributed by atoms with E-state index in [1.54, 1.807) is 12.3 Å². The van der Waals surface area contributed by atoms with E-state index in [9.17, 15) is 4.79 Å². The molecule has 0 atom stereocenters. The number of hydrogen-bond donors (Lipinski definition) is 0. The first-order valence-corrected chi connectivity index (χ1v) is 6.63. The predicted molar refractivity (Wildman–Crippen MR) is 75.5 cm³/mol. The second-order valence-corrected chi connectivity index (χ2v) is 4.53. The molecule has 0 spiro atoms. The van der Waals surface area contributed by atoms with Crippen molar-refractivity contribution in [2.24, 2.45) is 0 Å². The molecule has 0 aliphatic heterocycles. The van der Waals surface area contributed by atoms with Crippen LogP contribution in [0.25, 0.3) is 5.65 Å². The fraction of sp³-hybridized carbons (Fsp3) is 0.400. The lowest BCUT2D eigenvalue weighted by atomic mass is 10.1. The van der Waals surface area contributed by atoms with E-state index >= 15 is 0 Å². The lowest BCUT2D eigenvalue weighted by Crippen LogP contribution is -2.03. The van der Waals surface area contributed by atoms with Gasteiger partial charge in [-0.15, -0.1) is 6.42 Å². The second-order valence-electron chi connectivity index (χ2n) is 4.53. The minimum atomic E-state index is -0.481. The first kappa shape index (κ1) is 14.1. The van der Waals surface area contributed by atoms with Gasteiger partial charge in [0.2, 0.25) is 0 Å². The topological polar surface area (TPSA) is 56.5 Å². The Balaban J connectivity index is 2.38. The van der Waals surface area contributed by atoms with Gasteiger partial charge in [-0.05, 0) is 12.8 Å². The van der Waals surface area contributed by atoms with Gasteiger partial charge in [0.05, 0.1) is 18.4 Å². The van der Waals surface area contributed by atoms with Crippen molar-refractivity contribution < 1.29 is 9.53 Å². The molecule has 0 amide bonds. The van der Waals surface area contributed by atoms with Crippen molar-refractivity contribution >= 4 is 11.6 Å². The van der Waals surface area contributed by atoms with Crippen LogP contribution >= 0.6 is 0 Å². The van der Waals surface area contributed by atoms with Gasteiger partial charge >= 0.3 is 5.97 Å². The van der Waals surface area contributed by atoms with Crippen LogP contribution < -0.4 is 0 Å². The summed E-state index contributed by atoms with van der Waals surface area (Å²) in [7, 11) is 1.32. The number of carbonyl (C=O) groups excluding carboxylic acids is 1. The number of unbranched alkanes of at least 4 members (excludes halogenated alkanes) is 2. The van der Waals surface area contributed by atoms with Gasteiger partial charge in [0.1, 0.15) is 0 Å². The number of hydrogen-bond acceptors (Lipinski definition) is 4. The number of esters is 1. The van der Waals surface area contributed by atoms with Crippen LogP contribution in [0.2, 0.25) is 0 Å². The zero-order valence-electron chi connectivity index (χ0n) is 11.7. The predicted octanol–water partition coefficient (Wildman–Crippen LogP) is 2.23. The van der Waals surface area contributed by atoms with E-state index in [0.717, 1.165) is 31.4 Å². The average Bonchev–Trinajstić information content (AvgIpc) is 2.88. The molecule has 0 N–H and O–H groups in total. The van der Waals surface area contributed by atoms with Crippen LogP contribution in [-0.4, -0.2) is 27.7 Å². The molecule has 2 aromatic heterocycles. The molecule has 0 fully saturated rings. The van der Waals surface area contributed by atoms with Crippen LogP contribution in [0, 0.1) is 12.3 Å². The molecule has 0 radical (unpaired) electrons. The Kier molecular flexibility index (Phi) is 4.36. The van der Waals surface area contributed by atoms with Gasteiger partial charge in [0.25, 0.3) is 0 Å². The molecule has 5 nitrogen and oxygen atoms in total. The second kappa shape index (κ2) is 6.20. The van der Waals surface area contributed by atoms with Crippen molar-refractivity contribution in [2.45, 2.75) is 32.6 Å². The highest BCUT2D eigenvalue weighted by Gasteiger charge is 2.13. The third-order valence-electron chi connectivity index (χ3n) is 3.09. The smallest absolute Gasteiger partial charge is 0.358 e. The van der Waals surface area contributed by atoms with Gasteiger partial charge in [0, 0.05) is 12.3 Å². The molecule has 0 bridgehead atoms. The van der Waals surface area contributed by atoms with Crippen LogP contribution in [0.4, 0.5) is 0 Å². The molecule has 0 aliphatic rings. The quantitative estimate of drug-likeness (QED) is 0.475. The summed E-state index contributed by atoms with van der Waals surface area (Å²) in [5.74, 6) is 2.15. The van der Waals surface area contributed by atoms with Gasteiger partial charge < -0.3 is 4.74 Å². The molecule has 0 aromatic carbocycles. The van der Waals surface area contributed by atoms with E-state index in [1.165, 1.54) is 11.6 Å². The van der Waals surface area contributed by atoms with Crippen LogP contribution in [0.5, 0.6) is 0 Å². The number of nitrogens with zero attached hydrogens (tertiary/aromatic N) is 3. The first-order chi connectivity index (χ1) is 9.69. The molecule has 0 aliphatic carbocycles. The largest absolute Gasteiger partial charge is 0.464 e. The van der Waals surface area contributed by atoms with Gasteiger partial charge in [-0.1, -0.05) is 25.7 Å². The summed E-state index contributed by atoms with van der Waals surface area (Å²) in [6, 6.07) is 1.61. The van der Waals surface area contributed by atoms with Gasteiger partial charge in [-0.2, -0.15) is 5.10 Å². The zero-order chi connectivity index (χ0) is 14.5. The fourth-order valence-electron chi connectivity index (χ4n) is 2.02. The van der Waals surface area contributed by atoms with Crippen LogP contribution in [0.3, 0.4) is 0 Å². The van der Waals surface area contributed by atoms with Gasteiger partial charge in [0.15, 0.2) is 11.3 Å². The maximum atomic E-state index is 11.5. The number of fused-ring (bicyclic) bond motifs is 1. The van der Waals surface area contributed by atoms with Crippen molar-refractivity contribution in [3.8, 4) is 12.3 Å². The summed E-state index contributed by atoms with van der Waals surface area (Å²) < 4.78 is 6.17. The van der Waals surface area contributed by atoms with E-state index in [2.05, 4.69) is 27.7 Å². The molecule has 2 aromatic rings. The van der Waals surface area contributed by atoms with Crippen LogP contribution in [-0.2, 0) is 11.2 Å². The molecule has 0 saturated heterocycles. The van der Waals surface area contributed by atoms with Crippen molar-refractivity contribution in [3.63, 3.8) is 0 Å². The van der Waals surface area contributed by atoms with Crippen molar-refractivity contribution in [1.29, 1.82) is 0 Å². The highest BCUT2D eigenvalue weighted by atomic mass is 16.5. The Labute approximate surface area is 118 Å². The summed E-state index contributed by atoms with van der Waals surface area (Å²) in [5.41, 5.74) is 2.43. The summed E-state index contributed by atoms with van der Waals surface area (Å²) in [5, 5.41) is 4.11. The standard InChI is InChI=1S/C15H17N3O2/c1-4-6-7-8-12-11(5-2)10-18-14(16-12)9-13(17-18)15(19)20-3/h2,9-10H,4,6-8H2,1,3H3. The van der Waals surface area contributed by atoms with Gasteiger partial charge in [-0.25, -0.2) is 14.3 Å². The molecular formula is C15H17N3O2. The molecule has 2 rings (SSSR count). The lowest BCUT2D eigenvalue weighted by molar-refractivity contribution is 0.0593. The molecular weight excluding hydrogens is 254 g/mol. The third kappa shape index (κ3) is 2.80. The monoisotopic (exact) mass is 271 g/mol. The maximum Gasteiger partial charge on any atom is 0.358 e. The average molecular weight is 271 g/mol. The van der Waals surface area contributed by atoms with E-state index in [1.807, 2.05) is 0 Å². The zero-order valence-corrected chi connectivity index (χ0v) is 11.7. The maximum absolute atomic E-state index is 11.5. The summed E-state index contributed by atoms with van der Waals surface area (Å²) in [6.45, 7) is 2.15. The summed E-state index contributed by atoms with van der Waals surface area (Å²) >= 11 is 0. The number of terminal acetylenes is 1. The lowest BCUT2D eigenvalue weighted by Gasteiger charge is -2.04. The number of aryl methyl sites for hydroxylation is 1. The van der Waals surface area contributed by atoms with E-state index in [0.29, 0.717) is 11.2 Å². The highest BCUT2D eigenvalue weighted by molar-refractivity contribution is 5.88. The Morgan fingerprint density at radius 1 is 1.50 bits per heavy atom. The van der Waals surface area contributed by atoms with E-state index in [-0.39, 0.29) is 5.69 Å². The number of aromatic nitrogens is 3. The number of carbonyl (C=O) groups is 1. The normalized spacial score (nSPS) is 10.4. The van der Waals surface area contributed by atoms with Crippen LogP contribution in [0.15, 0.2) is 12.3 Å². The molecule has 0 unspecified atom stereocenters. The Morgan fingerprint density at radius 3 is 2.95 bits per heavy atom. The van der Waals surface area contributed by atoms with Crippen molar-refractivity contribution in [1.82, 2.24) is 14.6 Å².